The fourth-order valence-electron chi connectivity index (χ4n) is 4.00. The number of carbonyl (C=O) groups excluding carboxylic acids is 1. The van der Waals surface area contributed by atoms with Crippen molar-refractivity contribution in [2.45, 2.75) is 92.2 Å². The second-order valence-electron chi connectivity index (χ2n) is 11.0. The van der Waals surface area contributed by atoms with Gasteiger partial charge in [-0.15, -0.1) is 0 Å². The predicted octanol–water partition coefficient (Wildman–Crippen LogP) is 5.96. The van der Waals surface area contributed by atoms with Crippen LogP contribution < -0.4 is 5.19 Å². The first-order valence-electron chi connectivity index (χ1n) is 11.4. The van der Waals surface area contributed by atoms with Gasteiger partial charge in [0.1, 0.15) is 11.4 Å². The van der Waals surface area contributed by atoms with Crippen molar-refractivity contribution in [3.8, 4) is 0 Å². The van der Waals surface area contributed by atoms with Gasteiger partial charge < -0.3 is 13.7 Å². The van der Waals surface area contributed by atoms with E-state index in [-0.39, 0.29) is 23.0 Å². The molecule has 34 heavy (non-hydrogen) atoms. The molecule has 1 heterocycles. The number of aromatic nitrogens is 2. The zero-order chi connectivity index (χ0) is 26.3. The lowest BCUT2D eigenvalue weighted by atomic mass is 9.95. The smallest absolute Gasteiger partial charge is 0.416 e. The fraction of sp³-hybridized carbons (Fsp3) is 0.600. The first kappa shape index (κ1) is 28.1. The third-order valence-electron chi connectivity index (χ3n) is 5.40. The molecular weight excluding hydrogens is 461 g/mol. The average molecular weight is 499 g/mol. The molecule has 0 saturated carbocycles. The highest BCUT2D eigenvalue weighted by Crippen LogP contribution is 2.34. The maximum Gasteiger partial charge on any atom is 0.416 e. The number of hydrogen-bond acceptors (Lipinski definition) is 4. The number of esters is 1. The Morgan fingerprint density at radius 3 is 2.15 bits per heavy atom. The molecule has 0 N–H and O–H groups in total. The van der Waals surface area contributed by atoms with E-state index in [9.17, 15) is 18.0 Å². The van der Waals surface area contributed by atoms with Crippen LogP contribution in [0.3, 0.4) is 0 Å². The molecule has 2 aromatic rings. The number of halogens is 3. The van der Waals surface area contributed by atoms with Gasteiger partial charge in [-0.25, -0.2) is 9.78 Å². The molecule has 0 spiro atoms. The Morgan fingerprint density at radius 2 is 1.68 bits per heavy atom. The van der Waals surface area contributed by atoms with Crippen molar-refractivity contribution in [2.24, 2.45) is 0 Å². The molecule has 0 amide bonds. The van der Waals surface area contributed by atoms with Crippen LogP contribution in [0, 0.1) is 6.92 Å². The zero-order valence-corrected chi connectivity index (χ0v) is 22.9. The largest absolute Gasteiger partial charge is 0.455 e. The summed E-state index contributed by atoms with van der Waals surface area (Å²) >= 11 is 0. The van der Waals surface area contributed by atoms with E-state index < -0.39 is 37.0 Å². The minimum Gasteiger partial charge on any atom is -0.455 e. The molecule has 0 unspecified atom stereocenters. The number of alkyl halides is 3. The van der Waals surface area contributed by atoms with E-state index in [2.05, 4.69) is 4.98 Å². The highest BCUT2D eigenvalue weighted by Gasteiger charge is 2.42. The molecule has 0 aliphatic rings. The number of ether oxygens (including phenoxy) is 1. The molecule has 0 atom stereocenters. The molecule has 190 valence electrons. The number of hydrogen-bond donors (Lipinski definition) is 0. The van der Waals surface area contributed by atoms with Crippen LogP contribution in [0.5, 0.6) is 0 Å². The Morgan fingerprint density at radius 1 is 1.09 bits per heavy atom. The van der Waals surface area contributed by atoms with Crippen LogP contribution in [-0.4, -0.2) is 36.0 Å². The lowest BCUT2D eigenvalue weighted by Gasteiger charge is -2.28. The third kappa shape index (κ3) is 6.30. The maximum absolute atomic E-state index is 14.4. The van der Waals surface area contributed by atoms with Crippen LogP contribution in [0.2, 0.25) is 13.1 Å². The van der Waals surface area contributed by atoms with Gasteiger partial charge in [-0.1, -0.05) is 39.0 Å². The predicted molar refractivity (Wildman–Crippen MR) is 130 cm³/mol. The van der Waals surface area contributed by atoms with E-state index in [1.54, 1.807) is 58.3 Å². The van der Waals surface area contributed by atoms with E-state index in [0.717, 1.165) is 0 Å². The first-order chi connectivity index (χ1) is 15.3. The standard InChI is InChI=1S/C25H37F3N2O3Si/c1-11-32-34(9,10)18-14-12-13-17(19(18)25(26,27)28)15-30-16(2)20(21(31)33-24(6,7)8)29-22(30)23(3,4)5/h12-14H,11,15H2,1-10H3. The van der Waals surface area contributed by atoms with Crippen LogP contribution in [0.15, 0.2) is 18.2 Å². The summed E-state index contributed by atoms with van der Waals surface area (Å²) in [4.78, 5) is 17.4. The number of carbonyl (C=O) groups is 1. The van der Waals surface area contributed by atoms with E-state index in [1.807, 2.05) is 20.8 Å². The molecule has 0 fully saturated rings. The Bertz CT molecular complexity index is 1050. The number of nitrogens with zero attached hydrogens (tertiary/aromatic N) is 2. The van der Waals surface area contributed by atoms with Gasteiger partial charge in [-0.2, -0.15) is 13.2 Å². The Kier molecular flexibility index (Phi) is 7.84. The summed E-state index contributed by atoms with van der Waals surface area (Å²) in [5.74, 6) is -0.0744. The summed E-state index contributed by atoms with van der Waals surface area (Å²) in [6, 6.07) is 4.65. The lowest BCUT2D eigenvalue weighted by molar-refractivity contribution is -0.137. The number of benzene rings is 1. The average Bonchev–Trinajstić information content (AvgIpc) is 2.96. The fourth-order valence-corrected chi connectivity index (χ4v) is 6.28. The van der Waals surface area contributed by atoms with E-state index in [4.69, 9.17) is 9.16 Å². The Labute approximate surface area is 201 Å². The topological polar surface area (TPSA) is 53.4 Å². The van der Waals surface area contributed by atoms with Crippen molar-refractivity contribution in [1.29, 1.82) is 0 Å². The molecule has 1 aromatic carbocycles. The summed E-state index contributed by atoms with van der Waals surface area (Å²) in [5, 5.41) is 0.210. The van der Waals surface area contributed by atoms with E-state index >= 15 is 0 Å². The van der Waals surface area contributed by atoms with Crippen molar-refractivity contribution in [3.05, 3.63) is 46.5 Å². The van der Waals surface area contributed by atoms with Gasteiger partial charge in [0.05, 0.1) is 5.56 Å². The minimum atomic E-state index is -4.56. The summed E-state index contributed by atoms with van der Waals surface area (Å²) in [7, 11) is -2.80. The molecule has 9 heteroatoms. The molecule has 0 aliphatic heterocycles. The Balaban J connectivity index is 2.73. The van der Waals surface area contributed by atoms with Gasteiger partial charge in [0.25, 0.3) is 0 Å². The van der Waals surface area contributed by atoms with Crippen LogP contribution in [0.4, 0.5) is 13.2 Å². The number of imidazole rings is 1. The molecule has 5 nitrogen and oxygen atoms in total. The van der Waals surface area contributed by atoms with E-state index in [1.165, 1.54) is 12.1 Å². The van der Waals surface area contributed by atoms with Crippen molar-refractivity contribution in [1.82, 2.24) is 9.55 Å². The van der Waals surface area contributed by atoms with Crippen LogP contribution in [0.25, 0.3) is 0 Å². The lowest BCUT2D eigenvalue weighted by Crippen LogP contribution is -2.48. The van der Waals surface area contributed by atoms with Crippen molar-refractivity contribution in [3.63, 3.8) is 0 Å². The van der Waals surface area contributed by atoms with E-state index in [0.29, 0.717) is 18.1 Å². The minimum absolute atomic E-state index is 0.0759. The first-order valence-corrected chi connectivity index (χ1v) is 14.3. The highest BCUT2D eigenvalue weighted by atomic mass is 28.4. The molecule has 0 bridgehead atoms. The van der Waals surface area contributed by atoms with Crippen LogP contribution in [0.1, 0.15) is 81.6 Å². The second kappa shape index (κ2) is 9.49. The molecule has 0 saturated heterocycles. The molecule has 0 radical (unpaired) electrons. The molecular formula is C25H37F3N2O3Si. The summed E-state index contributed by atoms with van der Waals surface area (Å²) < 4.78 is 56.2. The zero-order valence-electron chi connectivity index (χ0n) is 21.9. The summed E-state index contributed by atoms with van der Waals surface area (Å²) in [5.41, 5.74) is -1.19. The van der Waals surface area contributed by atoms with Crippen LogP contribution in [-0.2, 0) is 27.3 Å². The normalized spacial score (nSPS) is 13.3. The molecule has 1 aromatic heterocycles. The van der Waals surface area contributed by atoms with Crippen LogP contribution >= 0.6 is 0 Å². The van der Waals surface area contributed by atoms with Gasteiger partial charge in [0, 0.05) is 24.3 Å². The Hall–Kier alpha value is -2.13. The quantitative estimate of drug-likeness (QED) is 0.364. The highest BCUT2D eigenvalue weighted by molar-refractivity contribution is 6.84. The third-order valence-corrected chi connectivity index (χ3v) is 8.12. The monoisotopic (exact) mass is 498 g/mol. The van der Waals surface area contributed by atoms with Crippen molar-refractivity contribution >= 4 is 19.5 Å². The second-order valence-corrected chi connectivity index (χ2v) is 14.8. The number of rotatable bonds is 6. The van der Waals surface area contributed by atoms with Gasteiger partial charge in [0.15, 0.2) is 5.69 Å². The summed E-state index contributed by atoms with van der Waals surface area (Å²) in [6.45, 7) is 18.3. The summed E-state index contributed by atoms with van der Waals surface area (Å²) in [6.07, 6.45) is -4.56. The van der Waals surface area contributed by atoms with Crippen molar-refractivity contribution in [2.75, 3.05) is 6.61 Å². The SMILES string of the molecule is CCO[Si](C)(C)c1cccc(Cn2c(C(C)(C)C)nc(C(=O)OC(C)(C)C)c2C)c1C(F)(F)F. The van der Waals surface area contributed by atoms with Gasteiger partial charge in [-0.05, 0) is 58.5 Å². The van der Waals surface area contributed by atoms with Gasteiger partial charge in [0.2, 0.25) is 8.32 Å². The molecule has 2 rings (SSSR count). The molecule has 0 aliphatic carbocycles. The van der Waals surface area contributed by atoms with Gasteiger partial charge in [-0.3, -0.25) is 0 Å². The van der Waals surface area contributed by atoms with Crippen molar-refractivity contribution < 1.29 is 27.1 Å². The maximum atomic E-state index is 14.4. The van der Waals surface area contributed by atoms with Gasteiger partial charge >= 0.3 is 12.1 Å².